The van der Waals surface area contributed by atoms with Gasteiger partial charge in [0.2, 0.25) is 0 Å². The summed E-state index contributed by atoms with van der Waals surface area (Å²) >= 11 is 0. The van der Waals surface area contributed by atoms with Crippen LogP contribution < -0.4 is 5.32 Å². The molecular formula is C11H18N6O3. The lowest BCUT2D eigenvalue weighted by molar-refractivity contribution is -0.138. The molecule has 0 aliphatic carbocycles. The van der Waals surface area contributed by atoms with E-state index in [0.717, 1.165) is 0 Å². The molecule has 2 N–H and O–H groups in total. The summed E-state index contributed by atoms with van der Waals surface area (Å²) in [6, 6.07) is -0.164. The maximum Gasteiger partial charge on any atom is 0.317 e. The van der Waals surface area contributed by atoms with Crippen LogP contribution in [0, 0.1) is 0 Å². The average molecular weight is 282 g/mol. The van der Waals surface area contributed by atoms with Gasteiger partial charge in [0, 0.05) is 33.2 Å². The van der Waals surface area contributed by atoms with Crippen molar-refractivity contribution in [1.82, 2.24) is 29.9 Å². The normalized spacial score (nSPS) is 16.1. The number of rotatable bonds is 4. The minimum atomic E-state index is -0.842. The van der Waals surface area contributed by atoms with Gasteiger partial charge in [0.1, 0.15) is 6.33 Å². The summed E-state index contributed by atoms with van der Waals surface area (Å²) < 4.78 is 1.74. The third-order valence-corrected chi connectivity index (χ3v) is 3.22. The summed E-state index contributed by atoms with van der Waals surface area (Å²) in [5, 5.41) is 19.1. The van der Waals surface area contributed by atoms with Crippen LogP contribution in [0.5, 0.6) is 0 Å². The molecule has 2 heterocycles. The van der Waals surface area contributed by atoms with E-state index in [-0.39, 0.29) is 12.6 Å². The van der Waals surface area contributed by atoms with Crippen LogP contribution in [-0.4, -0.2) is 74.4 Å². The number of carboxylic acid groups (broad SMARTS) is 1. The van der Waals surface area contributed by atoms with Gasteiger partial charge in [0.05, 0.1) is 13.1 Å². The molecule has 0 radical (unpaired) electrons. The Balaban J connectivity index is 1.74. The summed E-state index contributed by atoms with van der Waals surface area (Å²) in [7, 11) is 1.81. The molecule has 1 saturated heterocycles. The van der Waals surface area contributed by atoms with E-state index in [1.54, 1.807) is 15.8 Å². The van der Waals surface area contributed by atoms with Crippen LogP contribution in [0.25, 0.3) is 0 Å². The highest BCUT2D eigenvalue weighted by atomic mass is 16.4. The second-order valence-corrected chi connectivity index (χ2v) is 4.67. The van der Waals surface area contributed by atoms with Crippen molar-refractivity contribution in [3.63, 3.8) is 0 Å². The number of nitrogens with one attached hydrogen (secondary N) is 1. The summed E-state index contributed by atoms with van der Waals surface area (Å²) in [5.74, 6) is -0.159. The first-order valence-electron chi connectivity index (χ1n) is 6.36. The molecule has 0 saturated carbocycles. The number of amides is 2. The van der Waals surface area contributed by atoms with Crippen LogP contribution in [0.2, 0.25) is 0 Å². The molecule has 1 aliphatic rings. The third-order valence-electron chi connectivity index (χ3n) is 3.22. The van der Waals surface area contributed by atoms with Crippen molar-refractivity contribution in [3.05, 3.63) is 12.2 Å². The highest BCUT2D eigenvalue weighted by Crippen LogP contribution is 2.02. The molecule has 110 valence electrons. The first-order chi connectivity index (χ1) is 9.56. The summed E-state index contributed by atoms with van der Waals surface area (Å²) in [6.45, 7) is 2.54. The Bertz CT molecular complexity index is 480. The third kappa shape index (κ3) is 3.67. The average Bonchev–Trinajstić information content (AvgIpc) is 2.82. The molecule has 0 spiro atoms. The second-order valence-electron chi connectivity index (χ2n) is 4.67. The van der Waals surface area contributed by atoms with E-state index in [1.165, 1.54) is 0 Å². The fourth-order valence-corrected chi connectivity index (χ4v) is 2.03. The van der Waals surface area contributed by atoms with E-state index >= 15 is 0 Å². The number of carbonyl (C=O) groups excluding carboxylic acids is 1. The van der Waals surface area contributed by atoms with Gasteiger partial charge < -0.3 is 19.9 Å². The predicted octanol–water partition coefficient (Wildman–Crippen LogP) is -1.27. The van der Waals surface area contributed by atoms with Gasteiger partial charge in [-0.2, -0.15) is 0 Å². The van der Waals surface area contributed by atoms with Crippen LogP contribution in [0.1, 0.15) is 5.82 Å². The summed E-state index contributed by atoms with van der Waals surface area (Å²) in [4.78, 5) is 26.0. The first-order valence-corrected chi connectivity index (χ1v) is 6.36. The number of carbonyl (C=O) groups is 2. The molecule has 9 nitrogen and oxygen atoms in total. The van der Waals surface area contributed by atoms with E-state index < -0.39 is 5.97 Å². The molecule has 1 aromatic heterocycles. The number of hydrogen-bond donors (Lipinski definition) is 2. The van der Waals surface area contributed by atoms with Crippen molar-refractivity contribution in [1.29, 1.82) is 0 Å². The van der Waals surface area contributed by atoms with E-state index in [9.17, 15) is 9.59 Å². The van der Waals surface area contributed by atoms with Crippen LogP contribution in [0.4, 0.5) is 4.79 Å². The highest BCUT2D eigenvalue weighted by molar-refractivity contribution is 5.74. The number of piperazine rings is 1. The summed E-state index contributed by atoms with van der Waals surface area (Å²) in [6.07, 6.45) is 1.58. The minimum Gasteiger partial charge on any atom is -0.480 e. The van der Waals surface area contributed by atoms with Crippen molar-refractivity contribution in [2.45, 2.75) is 6.54 Å². The fourth-order valence-electron chi connectivity index (χ4n) is 2.03. The smallest absolute Gasteiger partial charge is 0.317 e. The van der Waals surface area contributed by atoms with Crippen molar-refractivity contribution >= 4 is 12.0 Å². The van der Waals surface area contributed by atoms with Gasteiger partial charge in [-0.05, 0) is 0 Å². The number of aliphatic carboxylic acids is 1. The minimum absolute atomic E-state index is 0.0222. The SMILES string of the molecule is Cn1cnnc1CNC(=O)N1CCN(CC(=O)O)CC1. The standard InChI is InChI=1S/C11H18N6O3/c1-15-8-13-14-9(15)6-12-11(20)17-4-2-16(3-5-17)7-10(18)19/h8H,2-7H2,1H3,(H,12,20)(H,18,19). The number of carboxylic acids is 1. The Kier molecular flexibility index (Phi) is 4.51. The monoisotopic (exact) mass is 282 g/mol. The molecule has 20 heavy (non-hydrogen) atoms. The molecule has 1 fully saturated rings. The van der Waals surface area contributed by atoms with Gasteiger partial charge in [-0.1, -0.05) is 0 Å². The van der Waals surface area contributed by atoms with E-state index in [0.29, 0.717) is 38.5 Å². The molecule has 0 aromatic carbocycles. The largest absolute Gasteiger partial charge is 0.480 e. The van der Waals surface area contributed by atoms with Crippen molar-refractivity contribution in [3.8, 4) is 0 Å². The Labute approximate surface area is 116 Å². The van der Waals surface area contributed by atoms with Gasteiger partial charge in [0.25, 0.3) is 0 Å². The van der Waals surface area contributed by atoms with Gasteiger partial charge in [-0.25, -0.2) is 4.79 Å². The molecule has 0 bridgehead atoms. The topological polar surface area (TPSA) is 104 Å². The van der Waals surface area contributed by atoms with Crippen LogP contribution >= 0.6 is 0 Å². The lowest BCUT2D eigenvalue weighted by Gasteiger charge is -2.33. The molecule has 2 rings (SSSR count). The Morgan fingerprint density at radius 2 is 2.05 bits per heavy atom. The molecule has 1 aliphatic heterocycles. The molecule has 0 atom stereocenters. The number of urea groups is 1. The number of hydrogen-bond acceptors (Lipinski definition) is 5. The Morgan fingerprint density at radius 1 is 1.35 bits per heavy atom. The maximum absolute atomic E-state index is 12.0. The molecular weight excluding hydrogens is 264 g/mol. The molecule has 9 heteroatoms. The second kappa shape index (κ2) is 6.33. The van der Waals surface area contributed by atoms with Crippen molar-refractivity contribution < 1.29 is 14.7 Å². The predicted molar refractivity (Wildman–Crippen MR) is 68.9 cm³/mol. The quantitative estimate of drug-likeness (QED) is 0.713. The van der Waals surface area contributed by atoms with Gasteiger partial charge in [-0.3, -0.25) is 9.69 Å². The molecule has 0 unspecified atom stereocenters. The van der Waals surface area contributed by atoms with E-state index in [2.05, 4.69) is 15.5 Å². The first kappa shape index (κ1) is 14.3. The fraction of sp³-hybridized carbons (Fsp3) is 0.636. The van der Waals surface area contributed by atoms with E-state index in [1.807, 2.05) is 11.9 Å². The Morgan fingerprint density at radius 3 is 2.60 bits per heavy atom. The van der Waals surface area contributed by atoms with Crippen LogP contribution in [-0.2, 0) is 18.4 Å². The Hall–Kier alpha value is -2.16. The van der Waals surface area contributed by atoms with E-state index in [4.69, 9.17) is 5.11 Å². The number of nitrogens with zero attached hydrogens (tertiary/aromatic N) is 5. The van der Waals surface area contributed by atoms with Gasteiger partial charge in [-0.15, -0.1) is 10.2 Å². The zero-order chi connectivity index (χ0) is 14.5. The lowest BCUT2D eigenvalue weighted by Crippen LogP contribution is -2.52. The lowest BCUT2D eigenvalue weighted by atomic mass is 10.3. The van der Waals surface area contributed by atoms with Crippen molar-refractivity contribution in [2.24, 2.45) is 7.05 Å². The zero-order valence-electron chi connectivity index (χ0n) is 11.3. The molecule has 1 aromatic rings. The van der Waals surface area contributed by atoms with Crippen molar-refractivity contribution in [2.75, 3.05) is 32.7 Å². The number of aryl methyl sites for hydroxylation is 1. The zero-order valence-corrected chi connectivity index (χ0v) is 11.3. The van der Waals surface area contributed by atoms with Crippen LogP contribution in [0.3, 0.4) is 0 Å². The maximum atomic E-state index is 12.0. The van der Waals surface area contributed by atoms with Gasteiger partial charge >= 0.3 is 12.0 Å². The van der Waals surface area contributed by atoms with Gasteiger partial charge in [0.15, 0.2) is 5.82 Å². The number of aromatic nitrogens is 3. The highest BCUT2D eigenvalue weighted by Gasteiger charge is 2.22. The van der Waals surface area contributed by atoms with Crippen LogP contribution in [0.15, 0.2) is 6.33 Å². The summed E-state index contributed by atoms with van der Waals surface area (Å²) in [5.41, 5.74) is 0. The molecule has 2 amide bonds.